The molecule has 0 aliphatic carbocycles. The van der Waals surface area contributed by atoms with Crippen LogP contribution in [0, 0.1) is 5.92 Å². The summed E-state index contributed by atoms with van der Waals surface area (Å²) in [6, 6.07) is 7.33. The number of piperidine rings is 1. The number of hydrogen-bond acceptors (Lipinski definition) is 3. The lowest BCUT2D eigenvalue weighted by Gasteiger charge is -2.30. The van der Waals surface area contributed by atoms with Gasteiger partial charge in [0.1, 0.15) is 0 Å². The Morgan fingerprint density at radius 3 is 2.65 bits per heavy atom. The van der Waals surface area contributed by atoms with Gasteiger partial charge < -0.3 is 9.64 Å². The predicted octanol–water partition coefficient (Wildman–Crippen LogP) is 2.29. The molecule has 2 rings (SSSR count). The molecule has 1 aliphatic heterocycles. The highest BCUT2D eigenvalue weighted by Gasteiger charge is 2.27. The van der Waals surface area contributed by atoms with Crippen LogP contribution in [0.2, 0.25) is 5.02 Å². The van der Waals surface area contributed by atoms with E-state index < -0.39 is 0 Å². The molecule has 0 N–H and O–H groups in total. The molecule has 1 aromatic rings. The summed E-state index contributed by atoms with van der Waals surface area (Å²) >= 11 is 5.91. The lowest BCUT2D eigenvalue weighted by Crippen LogP contribution is -2.41. The summed E-state index contributed by atoms with van der Waals surface area (Å²) in [7, 11) is 1.40. The number of ether oxygens (including phenoxy) is 1. The number of rotatable bonds is 3. The maximum atomic E-state index is 12.2. The number of carbonyl (C=O) groups excluding carboxylic acids is 2. The van der Waals surface area contributed by atoms with Crippen molar-refractivity contribution in [1.82, 2.24) is 4.90 Å². The number of carbonyl (C=O) groups is 2. The maximum Gasteiger partial charge on any atom is 0.308 e. The normalized spacial score (nSPS) is 16.0. The summed E-state index contributed by atoms with van der Waals surface area (Å²) in [6.07, 6.45) is 1.70. The molecule has 20 heavy (non-hydrogen) atoms. The van der Waals surface area contributed by atoms with E-state index in [0.29, 0.717) is 37.4 Å². The fourth-order valence-corrected chi connectivity index (χ4v) is 2.68. The Morgan fingerprint density at radius 2 is 2.05 bits per heavy atom. The molecular weight excluding hydrogens is 278 g/mol. The number of hydrogen-bond donors (Lipinski definition) is 0. The zero-order valence-corrected chi connectivity index (χ0v) is 12.2. The molecule has 5 heteroatoms. The quantitative estimate of drug-likeness (QED) is 0.804. The third-order valence-electron chi connectivity index (χ3n) is 3.63. The number of nitrogens with zero attached hydrogens (tertiary/aromatic N) is 1. The molecule has 0 atom stereocenters. The van der Waals surface area contributed by atoms with Crippen molar-refractivity contribution in [2.24, 2.45) is 5.92 Å². The monoisotopic (exact) mass is 295 g/mol. The van der Waals surface area contributed by atoms with E-state index in [0.717, 1.165) is 5.56 Å². The van der Waals surface area contributed by atoms with Crippen LogP contribution in [0.5, 0.6) is 0 Å². The Balaban J connectivity index is 1.87. The molecule has 1 fully saturated rings. The van der Waals surface area contributed by atoms with Gasteiger partial charge >= 0.3 is 5.97 Å². The van der Waals surface area contributed by atoms with Gasteiger partial charge in [-0.15, -0.1) is 0 Å². The van der Waals surface area contributed by atoms with Gasteiger partial charge in [-0.2, -0.15) is 0 Å². The molecule has 0 aromatic heterocycles. The van der Waals surface area contributed by atoms with Crippen LogP contribution in [0.3, 0.4) is 0 Å². The number of likely N-dealkylation sites (tertiary alicyclic amines) is 1. The van der Waals surface area contributed by atoms with Gasteiger partial charge in [0.25, 0.3) is 0 Å². The Kier molecular flexibility index (Phi) is 5.01. The highest BCUT2D eigenvalue weighted by atomic mass is 35.5. The van der Waals surface area contributed by atoms with E-state index >= 15 is 0 Å². The second kappa shape index (κ2) is 6.75. The van der Waals surface area contributed by atoms with Gasteiger partial charge in [-0.1, -0.05) is 23.7 Å². The van der Waals surface area contributed by atoms with Gasteiger partial charge in [-0.3, -0.25) is 9.59 Å². The predicted molar refractivity (Wildman–Crippen MR) is 76.5 cm³/mol. The molecule has 4 nitrogen and oxygen atoms in total. The third kappa shape index (κ3) is 3.73. The van der Waals surface area contributed by atoms with E-state index in [4.69, 9.17) is 16.3 Å². The van der Waals surface area contributed by atoms with Crippen LogP contribution in [0.15, 0.2) is 24.3 Å². The van der Waals surface area contributed by atoms with Crippen LogP contribution in [0.1, 0.15) is 18.4 Å². The summed E-state index contributed by atoms with van der Waals surface area (Å²) in [5, 5.41) is 0.639. The van der Waals surface area contributed by atoms with Crippen molar-refractivity contribution in [3.05, 3.63) is 34.9 Å². The standard InChI is InChI=1S/C15H18ClNO3/c1-20-15(19)12-5-7-17(8-6-12)14(18)10-11-3-2-4-13(16)9-11/h2-4,9,12H,5-8,10H2,1H3. The van der Waals surface area contributed by atoms with E-state index in [1.807, 2.05) is 12.1 Å². The van der Waals surface area contributed by atoms with Crippen LogP contribution in [-0.2, 0) is 20.7 Å². The first-order chi connectivity index (χ1) is 9.60. The molecule has 0 bridgehead atoms. The molecule has 108 valence electrons. The lowest BCUT2D eigenvalue weighted by atomic mass is 9.96. The SMILES string of the molecule is COC(=O)C1CCN(C(=O)Cc2cccc(Cl)c2)CC1. The first-order valence-corrected chi connectivity index (χ1v) is 7.08. The van der Waals surface area contributed by atoms with E-state index in [-0.39, 0.29) is 17.8 Å². The smallest absolute Gasteiger partial charge is 0.308 e. The van der Waals surface area contributed by atoms with E-state index in [1.54, 1.807) is 17.0 Å². The maximum absolute atomic E-state index is 12.2. The van der Waals surface area contributed by atoms with Gasteiger partial charge in [-0.25, -0.2) is 0 Å². The fourth-order valence-electron chi connectivity index (χ4n) is 2.46. The minimum absolute atomic E-state index is 0.0739. The zero-order chi connectivity index (χ0) is 14.5. The van der Waals surface area contributed by atoms with Crippen molar-refractivity contribution in [1.29, 1.82) is 0 Å². The van der Waals surface area contributed by atoms with Crippen LogP contribution in [0.4, 0.5) is 0 Å². The Hall–Kier alpha value is -1.55. The van der Waals surface area contributed by atoms with E-state index in [9.17, 15) is 9.59 Å². The number of methoxy groups -OCH3 is 1. The van der Waals surface area contributed by atoms with Crippen molar-refractivity contribution < 1.29 is 14.3 Å². The first kappa shape index (κ1) is 14.9. The van der Waals surface area contributed by atoms with Gasteiger partial charge in [0, 0.05) is 18.1 Å². The van der Waals surface area contributed by atoms with Crippen LogP contribution >= 0.6 is 11.6 Å². The zero-order valence-electron chi connectivity index (χ0n) is 11.5. The number of benzene rings is 1. The second-order valence-electron chi connectivity index (χ2n) is 4.98. The van der Waals surface area contributed by atoms with Crippen LogP contribution < -0.4 is 0 Å². The highest BCUT2D eigenvalue weighted by Crippen LogP contribution is 2.19. The topological polar surface area (TPSA) is 46.6 Å². The Labute approximate surface area is 123 Å². The first-order valence-electron chi connectivity index (χ1n) is 6.70. The summed E-state index contributed by atoms with van der Waals surface area (Å²) in [6.45, 7) is 1.22. The molecule has 1 aromatic carbocycles. The van der Waals surface area contributed by atoms with Crippen molar-refractivity contribution in [2.45, 2.75) is 19.3 Å². The molecule has 0 unspecified atom stereocenters. The second-order valence-corrected chi connectivity index (χ2v) is 5.42. The average molecular weight is 296 g/mol. The molecular formula is C15H18ClNO3. The fraction of sp³-hybridized carbons (Fsp3) is 0.467. The molecule has 1 amide bonds. The molecule has 1 saturated heterocycles. The minimum atomic E-state index is -0.174. The molecule has 1 heterocycles. The average Bonchev–Trinajstić information content (AvgIpc) is 2.46. The van der Waals surface area contributed by atoms with E-state index in [2.05, 4.69) is 0 Å². The molecule has 0 radical (unpaired) electrons. The highest BCUT2D eigenvalue weighted by molar-refractivity contribution is 6.30. The third-order valence-corrected chi connectivity index (χ3v) is 3.86. The Morgan fingerprint density at radius 1 is 1.35 bits per heavy atom. The van der Waals surface area contributed by atoms with Gasteiger partial charge in [0.05, 0.1) is 19.4 Å². The van der Waals surface area contributed by atoms with E-state index in [1.165, 1.54) is 7.11 Å². The summed E-state index contributed by atoms with van der Waals surface area (Å²) in [5.74, 6) is -0.169. The lowest BCUT2D eigenvalue weighted by molar-refractivity contribution is -0.148. The van der Waals surface area contributed by atoms with Crippen molar-refractivity contribution in [3.63, 3.8) is 0 Å². The minimum Gasteiger partial charge on any atom is -0.469 e. The molecule has 0 saturated carbocycles. The summed E-state index contributed by atoms with van der Waals surface area (Å²) in [5.41, 5.74) is 0.914. The molecule has 0 spiro atoms. The summed E-state index contributed by atoms with van der Waals surface area (Å²) in [4.78, 5) is 25.4. The van der Waals surface area contributed by atoms with Crippen molar-refractivity contribution in [3.8, 4) is 0 Å². The number of esters is 1. The van der Waals surface area contributed by atoms with Gasteiger partial charge in [0.15, 0.2) is 0 Å². The Bertz CT molecular complexity index is 496. The largest absolute Gasteiger partial charge is 0.469 e. The van der Waals surface area contributed by atoms with Crippen molar-refractivity contribution in [2.75, 3.05) is 20.2 Å². The molecule has 1 aliphatic rings. The number of halogens is 1. The van der Waals surface area contributed by atoms with Crippen molar-refractivity contribution >= 4 is 23.5 Å². The van der Waals surface area contributed by atoms with Crippen LogP contribution in [-0.4, -0.2) is 37.0 Å². The summed E-state index contributed by atoms with van der Waals surface area (Å²) < 4.78 is 4.74. The number of amides is 1. The van der Waals surface area contributed by atoms with Gasteiger partial charge in [0.2, 0.25) is 5.91 Å². The van der Waals surface area contributed by atoms with Gasteiger partial charge in [-0.05, 0) is 30.5 Å². The van der Waals surface area contributed by atoms with Crippen LogP contribution in [0.25, 0.3) is 0 Å².